The van der Waals surface area contributed by atoms with E-state index in [4.69, 9.17) is 11.1 Å². The van der Waals surface area contributed by atoms with Crippen molar-refractivity contribution in [2.75, 3.05) is 20.6 Å². The lowest BCUT2D eigenvalue weighted by Crippen LogP contribution is -2.15. The van der Waals surface area contributed by atoms with Crippen LogP contribution in [0.25, 0.3) is 16.8 Å². The molecule has 124 valence electrons. The molecule has 0 spiro atoms. The molecule has 0 saturated carbocycles. The van der Waals surface area contributed by atoms with Gasteiger partial charge in [0.1, 0.15) is 5.84 Å². The number of hydrogen-bond acceptors (Lipinski definition) is 5. The van der Waals surface area contributed by atoms with Crippen molar-refractivity contribution in [1.82, 2.24) is 24.5 Å². The summed E-state index contributed by atoms with van der Waals surface area (Å²) in [5.74, 6) is 0.725. The highest BCUT2D eigenvalue weighted by atomic mass is 15.3. The van der Waals surface area contributed by atoms with Crippen LogP contribution in [0.15, 0.2) is 30.6 Å². The lowest BCUT2D eigenvalue weighted by Gasteiger charge is -2.11. The van der Waals surface area contributed by atoms with Crippen LogP contribution >= 0.6 is 0 Å². The average Bonchev–Trinajstić information content (AvgIpc) is 2.97. The maximum Gasteiger partial charge on any atom is 0.167 e. The van der Waals surface area contributed by atoms with E-state index < -0.39 is 0 Å². The Morgan fingerprint density at radius 2 is 2.17 bits per heavy atom. The second-order valence-corrected chi connectivity index (χ2v) is 6.05. The third kappa shape index (κ3) is 2.98. The van der Waals surface area contributed by atoms with Crippen molar-refractivity contribution in [3.8, 4) is 11.1 Å². The van der Waals surface area contributed by atoms with Gasteiger partial charge in [0.15, 0.2) is 11.5 Å². The molecule has 0 atom stereocenters. The zero-order valence-electron chi connectivity index (χ0n) is 14.1. The zero-order chi connectivity index (χ0) is 17.3. The Morgan fingerprint density at radius 1 is 1.38 bits per heavy atom. The number of nitrogens with one attached hydrogen (secondary N) is 1. The number of nitrogen functional groups attached to an aromatic ring is 1. The van der Waals surface area contributed by atoms with Crippen molar-refractivity contribution in [3.05, 3.63) is 47.7 Å². The Labute approximate surface area is 140 Å². The predicted octanol–water partition coefficient (Wildman–Crippen LogP) is 1.49. The Hall–Kier alpha value is -2.80. The average molecular weight is 323 g/mol. The molecular weight excluding hydrogens is 302 g/mol. The van der Waals surface area contributed by atoms with Gasteiger partial charge in [0.05, 0.1) is 5.56 Å². The number of aromatic nitrogens is 4. The number of fused-ring (bicyclic) bond motifs is 1. The highest BCUT2D eigenvalue weighted by Crippen LogP contribution is 2.27. The van der Waals surface area contributed by atoms with Gasteiger partial charge >= 0.3 is 0 Å². The van der Waals surface area contributed by atoms with Crippen molar-refractivity contribution in [2.24, 2.45) is 5.73 Å². The molecule has 0 fully saturated rings. The number of nitrogens with zero attached hydrogens (tertiary/aromatic N) is 5. The molecule has 7 nitrogen and oxygen atoms in total. The minimum absolute atomic E-state index is 0.0228. The fraction of sp³-hybridized carbons (Fsp3) is 0.294. The van der Waals surface area contributed by atoms with Crippen LogP contribution in [-0.2, 0) is 6.42 Å². The van der Waals surface area contributed by atoms with Crippen molar-refractivity contribution in [1.29, 1.82) is 5.41 Å². The molecule has 0 aliphatic carbocycles. The second-order valence-electron chi connectivity index (χ2n) is 6.05. The smallest absolute Gasteiger partial charge is 0.167 e. The highest BCUT2D eigenvalue weighted by molar-refractivity contribution is 6.06. The van der Waals surface area contributed by atoms with Gasteiger partial charge < -0.3 is 10.6 Å². The molecule has 0 unspecified atom stereocenters. The third-order valence-electron chi connectivity index (χ3n) is 3.86. The first-order valence-electron chi connectivity index (χ1n) is 7.76. The van der Waals surface area contributed by atoms with Crippen molar-refractivity contribution in [3.63, 3.8) is 0 Å². The Kier molecular flexibility index (Phi) is 4.26. The Morgan fingerprint density at radius 3 is 2.79 bits per heavy atom. The van der Waals surface area contributed by atoms with E-state index in [0.29, 0.717) is 11.2 Å². The summed E-state index contributed by atoms with van der Waals surface area (Å²) >= 11 is 0. The van der Waals surface area contributed by atoms with Crippen LogP contribution in [0.1, 0.15) is 17.1 Å². The van der Waals surface area contributed by atoms with Gasteiger partial charge in [-0.2, -0.15) is 5.10 Å². The second kappa shape index (κ2) is 6.37. The van der Waals surface area contributed by atoms with E-state index in [1.165, 1.54) is 0 Å². The quantitative estimate of drug-likeness (QED) is 0.548. The van der Waals surface area contributed by atoms with Crippen LogP contribution in [0.4, 0.5) is 0 Å². The minimum atomic E-state index is -0.0228. The van der Waals surface area contributed by atoms with Gasteiger partial charge in [-0.3, -0.25) is 10.4 Å². The standard InChI is InChI=1S/C17H21N7/c1-11-9-13(12-5-4-7-20-10-12)15(16(18)19)17-21-14(22-24(11)17)6-8-23(2)3/h4-5,7,9-10H,6,8H2,1-3H3,(H3,18,19). The Bertz CT molecular complexity index is 881. The molecule has 24 heavy (non-hydrogen) atoms. The van der Waals surface area contributed by atoms with Gasteiger partial charge in [0, 0.05) is 36.6 Å². The minimum Gasteiger partial charge on any atom is -0.384 e. The molecule has 3 rings (SSSR count). The summed E-state index contributed by atoms with van der Waals surface area (Å²) in [6.07, 6.45) is 4.23. The number of aryl methyl sites for hydroxylation is 1. The molecule has 0 amide bonds. The molecule has 0 aliphatic heterocycles. The first-order valence-corrected chi connectivity index (χ1v) is 7.76. The Balaban J connectivity index is 2.20. The van der Waals surface area contributed by atoms with E-state index in [0.717, 1.165) is 35.6 Å². The molecule has 0 radical (unpaired) electrons. The predicted molar refractivity (Wildman–Crippen MR) is 94.2 cm³/mol. The van der Waals surface area contributed by atoms with Gasteiger partial charge in [-0.1, -0.05) is 6.07 Å². The third-order valence-corrected chi connectivity index (χ3v) is 3.86. The number of amidine groups is 1. The van der Waals surface area contributed by atoms with E-state index in [9.17, 15) is 0 Å². The molecule has 0 saturated heterocycles. The van der Waals surface area contributed by atoms with Crippen LogP contribution in [0.2, 0.25) is 0 Å². The molecule has 7 heteroatoms. The highest BCUT2D eigenvalue weighted by Gasteiger charge is 2.18. The fourth-order valence-corrected chi connectivity index (χ4v) is 2.67. The van der Waals surface area contributed by atoms with Gasteiger partial charge in [0.2, 0.25) is 0 Å². The normalized spacial score (nSPS) is 11.3. The van der Waals surface area contributed by atoms with Gasteiger partial charge in [0.25, 0.3) is 0 Å². The summed E-state index contributed by atoms with van der Waals surface area (Å²) in [6, 6.07) is 5.80. The van der Waals surface area contributed by atoms with E-state index >= 15 is 0 Å². The summed E-state index contributed by atoms with van der Waals surface area (Å²) in [5.41, 5.74) is 9.79. The maximum atomic E-state index is 8.03. The monoisotopic (exact) mass is 323 g/mol. The first kappa shape index (κ1) is 16.1. The largest absolute Gasteiger partial charge is 0.384 e. The van der Waals surface area contributed by atoms with Crippen molar-refractivity contribution >= 4 is 11.5 Å². The topological polar surface area (TPSA) is 96.2 Å². The summed E-state index contributed by atoms with van der Waals surface area (Å²) in [6.45, 7) is 2.84. The summed E-state index contributed by atoms with van der Waals surface area (Å²) < 4.78 is 1.77. The van der Waals surface area contributed by atoms with Crippen molar-refractivity contribution in [2.45, 2.75) is 13.3 Å². The number of hydrogen-bond donors (Lipinski definition) is 2. The zero-order valence-corrected chi connectivity index (χ0v) is 14.1. The lowest BCUT2D eigenvalue weighted by molar-refractivity contribution is 0.409. The summed E-state index contributed by atoms with van der Waals surface area (Å²) in [5, 5.41) is 12.6. The van der Waals surface area contributed by atoms with E-state index in [2.05, 4.69) is 20.0 Å². The number of nitrogens with two attached hydrogens (primary N) is 1. The molecule has 0 bridgehead atoms. The number of rotatable bonds is 5. The van der Waals surface area contributed by atoms with Crippen molar-refractivity contribution < 1.29 is 0 Å². The molecule has 3 aromatic rings. The molecular formula is C17H21N7. The molecule has 0 aliphatic rings. The van der Waals surface area contributed by atoms with E-state index in [1.807, 2.05) is 39.2 Å². The van der Waals surface area contributed by atoms with Crippen LogP contribution in [-0.4, -0.2) is 51.0 Å². The summed E-state index contributed by atoms with van der Waals surface area (Å²) in [7, 11) is 4.03. The number of pyridine rings is 2. The lowest BCUT2D eigenvalue weighted by atomic mass is 10.0. The molecule has 3 heterocycles. The molecule has 3 aromatic heterocycles. The van der Waals surface area contributed by atoms with Gasteiger partial charge in [-0.25, -0.2) is 9.50 Å². The van der Waals surface area contributed by atoms with Gasteiger partial charge in [-0.15, -0.1) is 0 Å². The van der Waals surface area contributed by atoms with Crippen LogP contribution in [0.3, 0.4) is 0 Å². The van der Waals surface area contributed by atoms with Crippen LogP contribution in [0.5, 0.6) is 0 Å². The first-order chi connectivity index (χ1) is 11.5. The SMILES string of the molecule is Cc1cc(-c2cccnc2)c(C(=N)N)c2nc(CCN(C)C)nn12. The summed E-state index contributed by atoms with van der Waals surface area (Å²) in [4.78, 5) is 10.9. The van der Waals surface area contributed by atoms with Crippen LogP contribution < -0.4 is 5.73 Å². The fourth-order valence-electron chi connectivity index (χ4n) is 2.67. The molecule has 3 N–H and O–H groups in total. The number of likely N-dealkylation sites (N-methyl/N-ethyl adjacent to an activating group) is 1. The van der Waals surface area contributed by atoms with E-state index in [-0.39, 0.29) is 5.84 Å². The van der Waals surface area contributed by atoms with Crippen LogP contribution in [0, 0.1) is 12.3 Å². The van der Waals surface area contributed by atoms with Gasteiger partial charge in [-0.05, 0) is 38.7 Å². The maximum absolute atomic E-state index is 8.03. The van der Waals surface area contributed by atoms with E-state index in [1.54, 1.807) is 16.9 Å². The molecule has 0 aromatic carbocycles.